The Labute approximate surface area is 134 Å². The fourth-order valence-corrected chi connectivity index (χ4v) is 2.08. The highest BCUT2D eigenvalue weighted by atomic mass is 19.1. The normalized spacial score (nSPS) is 10.2. The molecule has 0 unspecified atom stereocenters. The second-order valence-electron chi connectivity index (χ2n) is 5.07. The standard InChI is InChI=1S/C18H18FNO3/c1-13(21)16-4-2-3-5-17(16)23-12-18(22)20-11-10-14-6-8-15(19)9-7-14/h2-9H,10-12H2,1H3,(H,20,22). The quantitative estimate of drug-likeness (QED) is 0.799. The van der Waals surface area contributed by atoms with Crippen LogP contribution in [0, 0.1) is 5.82 Å². The van der Waals surface area contributed by atoms with Crippen molar-refractivity contribution in [1.29, 1.82) is 0 Å². The van der Waals surface area contributed by atoms with Gasteiger partial charge in [-0.15, -0.1) is 0 Å². The Bertz CT molecular complexity index is 683. The van der Waals surface area contributed by atoms with E-state index in [0.29, 0.717) is 24.3 Å². The molecule has 1 N–H and O–H groups in total. The maximum absolute atomic E-state index is 12.8. The van der Waals surface area contributed by atoms with Crippen molar-refractivity contribution in [3.63, 3.8) is 0 Å². The largest absolute Gasteiger partial charge is 0.483 e. The minimum Gasteiger partial charge on any atom is -0.483 e. The van der Waals surface area contributed by atoms with Crippen LogP contribution >= 0.6 is 0 Å². The maximum atomic E-state index is 12.8. The summed E-state index contributed by atoms with van der Waals surface area (Å²) in [6, 6.07) is 12.9. The van der Waals surface area contributed by atoms with Crippen LogP contribution in [0.1, 0.15) is 22.8 Å². The first-order valence-corrected chi connectivity index (χ1v) is 7.30. The lowest BCUT2D eigenvalue weighted by Gasteiger charge is -2.10. The lowest BCUT2D eigenvalue weighted by molar-refractivity contribution is -0.123. The van der Waals surface area contributed by atoms with E-state index in [0.717, 1.165) is 5.56 Å². The van der Waals surface area contributed by atoms with Gasteiger partial charge in [0.15, 0.2) is 12.4 Å². The average molecular weight is 315 g/mol. The summed E-state index contributed by atoms with van der Waals surface area (Å²) in [6.07, 6.45) is 0.607. The van der Waals surface area contributed by atoms with Crippen LogP contribution in [0.5, 0.6) is 5.75 Å². The third kappa shape index (κ3) is 5.21. The first-order chi connectivity index (χ1) is 11.1. The van der Waals surface area contributed by atoms with Gasteiger partial charge in [-0.05, 0) is 43.2 Å². The first-order valence-electron chi connectivity index (χ1n) is 7.30. The second kappa shape index (κ2) is 8.08. The number of para-hydroxylation sites is 1. The molecule has 0 fully saturated rings. The number of hydrogen-bond donors (Lipinski definition) is 1. The number of amides is 1. The van der Waals surface area contributed by atoms with Crippen molar-refractivity contribution in [3.05, 3.63) is 65.5 Å². The summed E-state index contributed by atoms with van der Waals surface area (Å²) < 4.78 is 18.2. The van der Waals surface area contributed by atoms with Gasteiger partial charge in [0.2, 0.25) is 0 Å². The number of benzene rings is 2. The molecule has 0 spiro atoms. The number of hydrogen-bond acceptors (Lipinski definition) is 3. The number of rotatable bonds is 7. The lowest BCUT2D eigenvalue weighted by atomic mass is 10.1. The minimum atomic E-state index is -0.282. The van der Waals surface area contributed by atoms with Gasteiger partial charge in [0.1, 0.15) is 11.6 Å². The van der Waals surface area contributed by atoms with Crippen LogP contribution in [0.4, 0.5) is 4.39 Å². The Kier molecular flexibility index (Phi) is 5.86. The Balaban J connectivity index is 1.77. The second-order valence-corrected chi connectivity index (χ2v) is 5.07. The van der Waals surface area contributed by atoms with E-state index in [-0.39, 0.29) is 24.1 Å². The molecule has 0 atom stereocenters. The third-order valence-corrected chi connectivity index (χ3v) is 3.27. The van der Waals surface area contributed by atoms with Crippen molar-refractivity contribution in [1.82, 2.24) is 5.32 Å². The molecule has 1 amide bonds. The molecule has 5 heteroatoms. The van der Waals surface area contributed by atoms with Gasteiger partial charge in [-0.3, -0.25) is 9.59 Å². The highest BCUT2D eigenvalue weighted by Gasteiger charge is 2.09. The van der Waals surface area contributed by atoms with E-state index >= 15 is 0 Å². The van der Waals surface area contributed by atoms with Crippen LogP contribution in [-0.4, -0.2) is 24.8 Å². The molecule has 4 nitrogen and oxygen atoms in total. The predicted octanol–water partition coefficient (Wildman–Crippen LogP) is 2.77. The van der Waals surface area contributed by atoms with Gasteiger partial charge in [-0.2, -0.15) is 0 Å². The zero-order chi connectivity index (χ0) is 16.7. The zero-order valence-corrected chi connectivity index (χ0v) is 12.8. The van der Waals surface area contributed by atoms with Gasteiger partial charge in [0.25, 0.3) is 5.91 Å². The van der Waals surface area contributed by atoms with Gasteiger partial charge in [-0.1, -0.05) is 24.3 Å². The molecule has 23 heavy (non-hydrogen) atoms. The minimum absolute atomic E-state index is 0.114. The molecule has 0 aliphatic carbocycles. The molecular formula is C18H18FNO3. The molecule has 0 saturated heterocycles. The topological polar surface area (TPSA) is 55.4 Å². The summed E-state index contributed by atoms with van der Waals surface area (Å²) in [4.78, 5) is 23.2. The number of Topliss-reactive ketones (excluding diaryl/α,β-unsaturated/α-hetero) is 1. The molecule has 2 aromatic carbocycles. The summed E-state index contributed by atoms with van der Waals surface area (Å²) >= 11 is 0. The highest BCUT2D eigenvalue weighted by molar-refractivity contribution is 5.96. The van der Waals surface area contributed by atoms with Crippen LogP contribution in [0.25, 0.3) is 0 Å². The fraction of sp³-hybridized carbons (Fsp3) is 0.222. The van der Waals surface area contributed by atoms with Gasteiger partial charge in [0.05, 0.1) is 5.56 Å². The average Bonchev–Trinajstić information content (AvgIpc) is 2.55. The molecule has 120 valence electrons. The van der Waals surface area contributed by atoms with E-state index < -0.39 is 0 Å². The number of ketones is 1. The molecule has 0 bridgehead atoms. The zero-order valence-electron chi connectivity index (χ0n) is 12.8. The molecule has 0 aliphatic heterocycles. The van der Waals surface area contributed by atoms with Crippen LogP contribution < -0.4 is 10.1 Å². The van der Waals surface area contributed by atoms with Crippen molar-refractivity contribution in [3.8, 4) is 5.75 Å². The highest BCUT2D eigenvalue weighted by Crippen LogP contribution is 2.18. The van der Waals surface area contributed by atoms with Crippen molar-refractivity contribution in [2.75, 3.05) is 13.2 Å². The summed E-state index contributed by atoms with van der Waals surface area (Å²) in [5.41, 5.74) is 1.39. The summed E-state index contributed by atoms with van der Waals surface area (Å²) in [5, 5.41) is 2.72. The van der Waals surface area contributed by atoms with E-state index in [1.165, 1.54) is 19.1 Å². The number of carbonyl (C=O) groups is 2. The van der Waals surface area contributed by atoms with E-state index in [1.54, 1.807) is 36.4 Å². The van der Waals surface area contributed by atoms with E-state index in [4.69, 9.17) is 4.74 Å². The van der Waals surface area contributed by atoms with Crippen molar-refractivity contribution < 1.29 is 18.7 Å². The Morgan fingerprint density at radius 3 is 2.48 bits per heavy atom. The number of halogens is 1. The van der Waals surface area contributed by atoms with Crippen LogP contribution in [0.3, 0.4) is 0 Å². The molecule has 0 aromatic heterocycles. The van der Waals surface area contributed by atoms with Crippen molar-refractivity contribution >= 4 is 11.7 Å². The number of ether oxygens (including phenoxy) is 1. The summed E-state index contributed by atoms with van der Waals surface area (Å²) in [7, 11) is 0. The number of carbonyl (C=O) groups excluding carboxylic acids is 2. The van der Waals surface area contributed by atoms with E-state index in [1.807, 2.05) is 0 Å². The third-order valence-electron chi connectivity index (χ3n) is 3.27. The van der Waals surface area contributed by atoms with E-state index in [2.05, 4.69) is 5.32 Å². The molecule has 0 radical (unpaired) electrons. The SMILES string of the molecule is CC(=O)c1ccccc1OCC(=O)NCCc1ccc(F)cc1. The molecule has 2 aromatic rings. The molecular weight excluding hydrogens is 297 g/mol. The summed E-state index contributed by atoms with van der Waals surface area (Å²) in [5.74, 6) is -0.271. The first kappa shape index (κ1) is 16.7. The Morgan fingerprint density at radius 1 is 1.09 bits per heavy atom. The Morgan fingerprint density at radius 2 is 1.78 bits per heavy atom. The molecule has 0 aliphatic rings. The van der Waals surface area contributed by atoms with Crippen LogP contribution in [0.15, 0.2) is 48.5 Å². The van der Waals surface area contributed by atoms with Gasteiger partial charge < -0.3 is 10.1 Å². The molecule has 0 heterocycles. The predicted molar refractivity (Wildman–Crippen MR) is 85.1 cm³/mol. The number of nitrogens with one attached hydrogen (secondary N) is 1. The van der Waals surface area contributed by atoms with Gasteiger partial charge >= 0.3 is 0 Å². The van der Waals surface area contributed by atoms with E-state index in [9.17, 15) is 14.0 Å². The maximum Gasteiger partial charge on any atom is 0.257 e. The lowest BCUT2D eigenvalue weighted by Crippen LogP contribution is -2.30. The fourth-order valence-electron chi connectivity index (χ4n) is 2.08. The Hall–Kier alpha value is -2.69. The van der Waals surface area contributed by atoms with Crippen LogP contribution in [0.2, 0.25) is 0 Å². The van der Waals surface area contributed by atoms with Crippen LogP contribution in [-0.2, 0) is 11.2 Å². The van der Waals surface area contributed by atoms with Gasteiger partial charge in [-0.25, -0.2) is 4.39 Å². The summed E-state index contributed by atoms with van der Waals surface area (Å²) in [6.45, 7) is 1.72. The van der Waals surface area contributed by atoms with Crippen molar-refractivity contribution in [2.24, 2.45) is 0 Å². The van der Waals surface area contributed by atoms with Crippen molar-refractivity contribution in [2.45, 2.75) is 13.3 Å². The molecule has 0 saturated carbocycles. The molecule has 2 rings (SSSR count). The smallest absolute Gasteiger partial charge is 0.257 e. The van der Waals surface area contributed by atoms with Gasteiger partial charge in [0, 0.05) is 6.54 Å². The monoisotopic (exact) mass is 315 g/mol.